The van der Waals surface area contributed by atoms with E-state index in [4.69, 9.17) is 0 Å². The van der Waals surface area contributed by atoms with Gasteiger partial charge in [0, 0.05) is 38.1 Å². The minimum absolute atomic E-state index is 0.270. The van der Waals surface area contributed by atoms with E-state index < -0.39 is 0 Å². The molecule has 0 aromatic heterocycles. The highest BCUT2D eigenvalue weighted by atomic mass is 16.2. The molecule has 1 aliphatic carbocycles. The Morgan fingerprint density at radius 3 is 2.48 bits per heavy atom. The van der Waals surface area contributed by atoms with Gasteiger partial charge in [-0.2, -0.15) is 0 Å². The first-order valence-corrected chi connectivity index (χ1v) is 10.5. The van der Waals surface area contributed by atoms with Gasteiger partial charge in [0.15, 0.2) is 0 Å². The van der Waals surface area contributed by atoms with Gasteiger partial charge in [-0.25, -0.2) is 0 Å². The highest BCUT2D eigenvalue weighted by Crippen LogP contribution is 2.53. The largest absolute Gasteiger partial charge is 0.354 e. The molecule has 0 radical (unpaired) electrons. The molecule has 4 bridgehead atoms. The van der Waals surface area contributed by atoms with E-state index in [9.17, 15) is 4.79 Å². The summed E-state index contributed by atoms with van der Waals surface area (Å²) in [5.74, 6) is 3.96. The third kappa shape index (κ3) is 3.49. The molecule has 1 saturated carbocycles. The molecular weight excluding hydrogens is 310 g/mol. The summed E-state index contributed by atoms with van der Waals surface area (Å²) in [5.41, 5.74) is -0.338. The van der Waals surface area contributed by atoms with Crippen molar-refractivity contribution in [3.05, 3.63) is 0 Å². The number of nitrogens with zero attached hydrogens (tertiary/aromatic N) is 1. The van der Waals surface area contributed by atoms with Crippen LogP contribution in [0.15, 0.2) is 0 Å². The fourth-order valence-electron chi connectivity index (χ4n) is 5.83. The summed E-state index contributed by atoms with van der Waals surface area (Å²) in [4.78, 5) is 16.1. The standard InChI is InChI=1S/C21H39N3O/c1-13(2)7-18-19-17-10-23-21(18,20(25)22-9-14(3)4)8-16(17)12-24(19)11-15(5)6/h13-19,23H,7-12H2,1-6H3,(H,22,25)/t16-,17-,18-,19+,21+/m1/s1. The zero-order valence-electron chi connectivity index (χ0n) is 17.1. The summed E-state index contributed by atoms with van der Waals surface area (Å²) in [6.45, 7) is 17.8. The molecule has 3 aliphatic heterocycles. The first-order chi connectivity index (χ1) is 11.7. The monoisotopic (exact) mass is 349 g/mol. The molecule has 144 valence electrons. The Labute approximate surface area is 154 Å². The number of hydrogen-bond donors (Lipinski definition) is 2. The van der Waals surface area contributed by atoms with Crippen molar-refractivity contribution in [3.63, 3.8) is 0 Å². The molecule has 0 spiro atoms. The molecule has 3 saturated heterocycles. The van der Waals surface area contributed by atoms with Gasteiger partial charge in [-0.05, 0) is 42.4 Å². The fourth-order valence-corrected chi connectivity index (χ4v) is 5.83. The van der Waals surface area contributed by atoms with Crippen LogP contribution in [-0.4, -0.2) is 48.6 Å². The van der Waals surface area contributed by atoms with Crippen molar-refractivity contribution in [2.24, 2.45) is 35.5 Å². The van der Waals surface area contributed by atoms with Crippen LogP contribution in [0.4, 0.5) is 0 Å². The Hall–Kier alpha value is -0.610. The quantitative estimate of drug-likeness (QED) is 0.743. The molecule has 2 N–H and O–H groups in total. The summed E-state index contributed by atoms with van der Waals surface area (Å²) in [6.07, 6.45) is 2.18. The number of fused-ring (bicyclic) bond motifs is 1. The number of carbonyl (C=O) groups excluding carboxylic acids is 1. The normalized spacial score (nSPS) is 37.5. The topological polar surface area (TPSA) is 44.4 Å². The highest BCUT2D eigenvalue weighted by Gasteiger charge is 2.64. The minimum atomic E-state index is -0.338. The van der Waals surface area contributed by atoms with Crippen molar-refractivity contribution in [2.45, 2.75) is 66.0 Å². The van der Waals surface area contributed by atoms with Crippen LogP contribution >= 0.6 is 0 Å². The predicted molar refractivity (Wildman–Crippen MR) is 103 cm³/mol. The molecule has 4 heteroatoms. The Kier molecular flexibility index (Phi) is 5.51. The summed E-state index contributed by atoms with van der Waals surface area (Å²) in [6, 6.07) is 0.592. The van der Waals surface area contributed by atoms with E-state index in [2.05, 4.69) is 57.1 Å². The van der Waals surface area contributed by atoms with Gasteiger partial charge in [-0.3, -0.25) is 9.69 Å². The predicted octanol–water partition coefficient (Wildman–Crippen LogP) is 2.74. The maximum atomic E-state index is 13.3. The molecule has 4 fully saturated rings. The van der Waals surface area contributed by atoms with E-state index in [1.807, 2.05) is 0 Å². The van der Waals surface area contributed by atoms with Crippen molar-refractivity contribution in [2.75, 3.05) is 26.2 Å². The van der Waals surface area contributed by atoms with Crippen LogP contribution < -0.4 is 10.6 Å². The summed E-state index contributed by atoms with van der Waals surface area (Å²) in [5, 5.41) is 7.02. The number of likely N-dealkylation sites (tertiary alicyclic amines) is 1. The third-order valence-electron chi connectivity index (χ3n) is 6.62. The average Bonchev–Trinajstić information content (AvgIpc) is 2.80. The van der Waals surface area contributed by atoms with Gasteiger partial charge in [0.05, 0.1) is 0 Å². The average molecular weight is 350 g/mol. The van der Waals surface area contributed by atoms with Crippen molar-refractivity contribution in [3.8, 4) is 0 Å². The number of hydrogen-bond acceptors (Lipinski definition) is 3. The van der Waals surface area contributed by atoms with Crippen LogP contribution in [0.3, 0.4) is 0 Å². The van der Waals surface area contributed by atoms with Gasteiger partial charge in [0.25, 0.3) is 0 Å². The van der Waals surface area contributed by atoms with E-state index in [1.165, 1.54) is 13.1 Å². The van der Waals surface area contributed by atoms with Crippen LogP contribution in [0.5, 0.6) is 0 Å². The molecule has 4 aliphatic rings. The second kappa shape index (κ2) is 7.19. The molecule has 0 aromatic rings. The molecule has 4 rings (SSSR count). The van der Waals surface area contributed by atoms with E-state index >= 15 is 0 Å². The van der Waals surface area contributed by atoms with Crippen LogP contribution in [0.1, 0.15) is 54.4 Å². The SMILES string of the molecule is CC(C)CNC(=O)[C@@]12C[C@@H]3CN(CC(C)C)[C@@H]([C@@H]3CN1)[C@H]2CC(C)C. The van der Waals surface area contributed by atoms with Crippen molar-refractivity contribution in [1.82, 2.24) is 15.5 Å². The second-order valence-electron chi connectivity index (χ2n) is 10.2. The number of piperidine rings is 2. The zero-order valence-corrected chi connectivity index (χ0v) is 17.1. The molecule has 25 heavy (non-hydrogen) atoms. The van der Waals surface area contributed by atoms with Crippen molar-refractivity contribution >= 4 is 5.91 Å². The lowest BCUT2D eigenvalue weighted by Gasteiger charge is -2.56. The van der Waals surface area contributed by atoms with E-state index in [1.54, 1.807) is 0 Å². The fraction of sp³-hybridized carbons (Fsp3) is 0.952. The lowest BCUT2D eigenvalue weighted by Crippen LogP contribution is -2.74. The van der Waals surface area contributed by atoms with E-state index in [0.717, 1.165) is 31.8 Å². The first-order valence-electron chi connectivity index (χ1n) is 10.5. The van der Waals surface area contributed by atoms with Crippen molar-refractivity contribution < 1.29 is 4.79 Å². The Balaban J connectivity index is 1.88. The van der Waals surface area contributed by atoms with Crippen molar-refractivity contribution in [1.29, 1.82) is 0 Å². The molecular formula is C21H39N3O. The van der Waals surface area contributed by atoms with Crippen LogP contribution in [0.25, 0.3) is 0 Å². The molecule has 5 atom stereocenters. The summed E-state index contributed by atoms with van der Waals surface area (Å²) in [7, 11) is 0. The Morgan fingerprint density at radius 1 is 1.16 bits per heavy atom. The summed E-state index contributed by atoms with van der Waals surface area (Å²) >= 11 is 0. The minimum Gasteiger partial charge on any atom is -0.354 e. The summed E-state index contributed by atoms with van der Waals surface area (Å²) < 4.78 is 0. The van der Waals surface area contributed by atoms with Gasteiger partial charge >= 0.3 is 0 Å². The van der Waals surface area contributed by atoms with Gasteiger partial charge in [0.1, 0.15) is 5.54 Å². The number of carbonyl (C=O) groups is 1. The first kappa shape index (κ1) is 19.2. The number of rotatable bonds is 7. The second-order valence-corrected chi connectivity index (χ2v) is 10.2. The van der Waals surface area contributed by atoms with E-state index in [-0.39, 0.29) is 11.4 Å². The van der Waals surface area contributed by atoms with Crippen LogP contribution in [0, 0.1) is 35.5 Å². The molecule has 0 aromatic carbocycles. The lowest BCUT2D eigenvalue weighted by atomic mass is 9.57. The molecule has 1 amide bonds. The maximum absolute atomic E-state index is 13.3. The Morgan fingerprint density at radius 2 is 1.88 bits per heavy atom. The zero-order chi connectivity index (χ0) is 18.4. The van der Waals surface area contributed by atoms with Gasteiger partial charge in [-0.15, -0.1) is 0 Å². The van der Waals surface area contributed by atoms with Crippen LogP contribution in [-0.2, 0) is 4.79 Å². The van der Waals surface area contributed by atoms with Gasteiger partial charge in [0.2, 0.25) is 5.91 Å². The molecule has 3 heterocycles. The smallest absolute Gasteiger partial charge is 0.240 e. The maximum Gasteiger partial charge on any atom is 0.240 e. The molecule has 0 unspecified atom stereocenters. The van der Waals surface area contributed by atoms with E-state index in [0.29, 0.717) is 35.6 Å². The van der Waals surface area contributed by atoms with Gasteiger partial charge < -0.3 is 10.6 Å². The van der Waals surface area contributed by atoms with Crippen LogP contribution in [0.2, 0.25) is 0 Å². The number of amides is 1. The molecule has 4 nitrogen and oxygen atoms in total. The number of nitrogens with one attached hydrogen (secondary N) is 2. The van der Waals surface area contributed by atoms with Gasteiger partial charge in [-0.1, -0.05) is 41.5 Å². The Bertz CT molecular complexity index is 490. The lowest BCUT2D eigenvalue weighted by molar-refractivity contribution is -0.139. The highest BCUT2D eigenvalue weighted by molar-refractivity contribution is 5.87. The third-order valence-corrected chi connectivity index (χ3v) is 6.62.